The van der Waals surface area contributed by atoms with Crippen LogP contribution in [0.15, 0.2) is 36.0 Å². The van der Waals surface area contributed by atoms with Crippen molar-refractivity contribution in [2.75, 3.05) is 25.1 Å². The molecule has 0 aliphatic carbocycles. The lowest BCUT2D eigenvalue weighted by atomic mass is 10.1. The summed E-state index contributed by atoms with van der Waals surface area (Å²) in [6.45, 7) is 2.27. The lowest BCUT2D eigenvalue weighted by Gasteiger charge is -2.15. The van der Waals surface area contributed by atoms with Gasteiger partial charge in [-0.25, -0.2) is 0 Å². The monoisotopic (exact) mass is 313 g/mol. The Morgan fingerprint density at radius 2 is 2.32 bits per heavy atom. The van der Waals surface area contributed by atoms with E-state index >= 15 is 0 Å². The normalized spacial score (nSPS) is 14.5. The highest BCUT2D eigenvalue weighted by Crippen LogP contribution is 2.28. The molecule has 4 nitrogen and oxygen atoms in total. The second kappa shape index (κ2) is 6.78. The molecule has 1 aliphatic heterocycles. The summed E-state index contributed by atoms with van der Waals surface area (Å²) in [6.07, 6.45) is 5.67. The van der Waals surface area contributed by atoms with E-state index in [1.807, 2.05) is 12.1 Å². The maximum absolute atomic E-state index is 9.30. The molecule has 1 N–H and O–H groups in total. The summed E-state index contributed by atoms with van der Waals surface area (Å²) in [7, 11) is 0. The van der Waals surface area contributed by atoms with Gasteiger partial charge in [-0.15, -0.1) is 0 Å². The van der Waals surface area contributed by atoms with Gasteiger partial charge in [0.15, 0.2) is 0 Å². The smallest absolute Gasteiger partial charge is 0.103 e. The molecule has 5 heteroatoms. The zero-order valence-corrected chi connectivity index (χ0v) is 12.9. The maximum Gasteiger partial charge on any atom is 0.103 e. The van der Waals surface area contributed by atoms with Crippen molar-refractivity contribution in [3.8, 4) is 6.07 Å². The predicted molar refractivity (Wildman–Crippen MR) is 88.1 cm³/mol. The summed E-state index contributed by atoms with van der Waals surface area (Å²) < 4.78 is 5.31. The van der Waals surface area contributed by atoms with Gasteiger partial charge in [-0.3, -0.25) is 4.98 Å². The van der Waals surface area contributed by atoms with Crippen LogP contribution in [-0.2, 0) is 4.74 Å². The van der Waals surface area contributed by atoms with E-state index < -0.39 is 0 Å². The summed E-state index contributed by atoms with van der Waals surface area (Å²) in [5.74, 6) is 0. The molecule has 1 aromatic heterocycles. The Kier molecular flexibility index (Phi) is 4.57. The van der Waals surface area contributed by atoms with Gasteiger partial charge in [0.25, 0.3) is 0 Å². The van der Waals surface area contributed by atoms with Gasteiger partial charge in [0.2, 0.25) is 0 Å². The minimum atomic E-state index is 0.538. The Balaban J connectivity index is 1.83. The van der Waals surface area contributed by atoms with Gasteiger partial charge in [-0.1, -0.05) is 23.3 Å². The van der Waals surface area contributed by atoms with Crippen molar-refractivity contribution in [2.24, 2.45) is 0 Å². The van der Waals surface area contributed by atoms with Crippen LogP contribution in [0.2, 0.25) is 5.02 Å². The lowest BCUT2D eigenvalue weighted by molar-refractivity contribution is 0.153. The van der Waals surface area contributed by atoms with Gasteiger partial charge < -0.3 is 10.1 Å². The molecular formula is C17H16ClN3O. The Morgan fingerprint density at radius 3 is 3.09 bits per heavy atom. The number of anilines is 1. The molecule has 0 spiro atoms. The zero-order chi connectivity index (χ0) is 15.4. The highest BCUT2D eigenvalue weighted by atomic mass is 35.5. The number of pyridine rings is 1. The molecule has 22 heavy (non-hydrogen) atoms. The van der Waals surface area contributed by atoms with Gasteiger partial charge in [0.1, 0.15) is 6.07 Å². The van der Waals surface area contributed by atoms with E-state index in [2.05, 4.69) is 22.4 Å². The van der Waals surface area contributed by atoms with Crippen LogP contribution in [0.5, 0.6) is 0 Å². The molecule has 0 amide bonds. The van der Waals surface area contributed by atoms with Crippen molar-refractivity contribution in [3.05, 3.63) is 46.6 Å². The van der Waals surface area contributed by atoms with Crippen LogP contribution in [0.3, 0.4) is 0 Å². The molecule has 2 aromatic rings. The Morgan fingerprint density at radius 1 is 1.41 bits per heavy atom. The predicted octanol–water partition coefficient (Wildman–Crippen LogP) is 3.91. The average molecular weight is 314 g/mol. The van der Waals surface area contributed by atoms with Crippen LogP contribution in [0, 0.1) is 11.3 Å². The fourth-order valence-electron chi connectivity index (χ4n) is 2.58. The number of aromatic nitrogens is 1. The molecule has 0 saturated heterocycles. The SMILES string of the molecule is N#Cc1cnc2ccc(Cl)cc2c1NCCC1=CCOCC1. The third kappa shape index (κ3) is 3.22. The second-order valence-electron chi connectivity index (χ2n) is 5.18. The van der Waals surface area contributed by atoms with Crippen molar-refractivity contribution in [1.82, 2.24) is 4.98 Å². The molecule has 1 aromatic carbocycles. The van der Waals surface area contributed by atoms with Crippen molar-refractivity contribution < 1.29 is 4.74 Å². The molecule has 112 valence electrons. The number of hydrogen-bond donors (Lipinski definition) is 1. The topological polar surface area (TPSA) is 57.9 Å². The third-order valence-electron chi connectivity index (χ3n) is 3.76. The fourth-order valence-corrected chi connectivity index (χ4v) is 2.75. The summed E-state index contributed by atoms with van der Waals surface area (Å²) in [4.78, 5) is 4.30. The number of benzene rings is 1. The van der Waals surface area contributed by atoms with Crippen LogP contribution >= 0.6 is 11.6 Å². The second-order valence-corrected chi connectivity index (χ2v) is 5.62. The minimum Gasteiger partial charge on any atom is -0.383 e. The van der Waals surface area contributed by atoms with E-state index in [0.717, 1.165) is 42.6 Å². The van der Waals surface area contributed by atoms with Crippen LogP contribution in [-0.4, -0.2) is 24.7 Å². The Bertz CT molecular complexity index is 764. The molecule has 0 radical (unpaired) electrons. The molecule has 0 atom stereocenters. The zero-order valence-electron chi connectivity index (χ0n) is 12.1. The molecule has 3 rings (SSSR count). The molecule has 0 bridgehead atoms. The Labute approximate surface area is 134 Å². The summed E-state index contributed by atoms with van der Waals surface area (Å²) >= 11 is 6.08. The average Bonchev–Trinajstić information content (AvgIpc) is 2.56. The van der Waals surface area contributed by atoms with Gasteiger partial charge >= 0.3 is 0 Å². The van der Waals surface area contributed by atoms with Crippen LogP contribution in [0.25, 0.3) is 10.9 Å². The van der Waals surface area contributed by atoms with Crippen molar-refractivity contribution in [1.29, 1.82) is 5.26 Å². The van der Waals surface area contributed by atoms with E-state index in [0.29, 0.717) is 17.2 Å². The first-order valence-corrected chi connectivity index (χ1v) is 7.63. The van der Waals surface area contributed by atoms with Crippen LogP contribution < -0.4 is 5.32 Å². The van der Waals surface area contributed by atoms with Gasteiger partial charge in [0.05, 0.1) is 30.0 Å². The van der Waals surface area contributed by atoms with Crippen molar-refractivity contribution in [2.45, 2.75) is 12.8 Å². The summed E-state index contributed by atoms with van der Waals surface area (Å²) in [6, 6.07) is 7.71. The van der Waals surface area contributed by atoms with Gasteiger partial charge in [0, 0.05) is 23.2 Å². The molecular weight excluding hydrogens is 298 g/mol. The third-order valence-corrected chi connectivity index (χ3v) is 3.99. The fraction of sp³-hybridized carbons (Fsp3) is 0.294. The van der Waals surface area contributed by atoms with Crippen molar-refractivity contribution >= 4 is 28.2 Å². The van der Waals surface area contributed by atoms with E-state index in [1.165, 1.54) is 5.57 Å². The van der Waals surface area contributed by atoms with Gasteiger partial charge in [-0.05, 0) is 31.0 Å². The Hall–Kier alpha value is -2.09. The van der Waals surface area contributed by atoms with Crippen LogP contribution in [0.1, 0.15) is 18.4 Å². The van der Waals surface area contributed by atoms with E-state index in [9.17, 15) is 5.26 Å². The number of ether oxygens (including phenoxy) is 1. The van der Waals surface area contributed by atoms with Crippen molar-refractivity contribution in [3.63, 3.8) is 0 Å². The molecule has 1 aliphatic rings. The molecule has 0 unspecified atom stereocenters. The minimum absolute atomic E-state index is 0.538. The number of halogens is 1. The number of hydrogen-bond acceptors (Lipinski definition) is 4. The van der Waals surface area contributed by atoms with E-state index in [4.69, 9.17) is 16.3 Å². The molecule has 0 saturated carbocycles. The first-order chi connectivity index (χ1) is 10.8. The van der Waals surface area contributed by atoms with E-state index in [1.54, 1.807) is 12.3 Å². The molecule has 2 heterocycles. The summed E-state index contributed by atoms with van der Waals surface area (Å²) in [5, 5.41) is 14.2. The largest absolute Gasteiger partial charge is 0.383 e. The quantitative estimate of drug-likeness (QED) is 0.869. The number of rotatable bonds is 4. The number of nitrogens with zero attached hydrogens (tertiary/aromatic N) is 2. The maximum atomic E-state index is 9.30. The van der Waals surface area contributed by atoms with Gasteiger partial charge in [-0.2, -0.15) is 5.26 Å². The first kappa shape index (κ1) is 14.8. The molecule has 0 fully saturated rings. The highest BCUT2D eigenvalue weighted by Gasteiger charge is 2.10. The number of nitrogens with one attached hydrogen (secondary N) is 1. The number of nitriles is 1. The van der Waals surface area contributed by atoms with Crippen LogP contribution in [0.4, 0.5) is 5.69 Å². The number of fused-ring (bicyclic) bond motifs is 1. The standard InChI is InChI=1S/C17H16ClN3O/c18-14-1-2-16-15(9-14)17(13(10-19)11-21-16)20-6-3-12-4-7-22-8-5-12/h1-2,4,9,11H,3,5-8H2,(H,20,21). The lowest BCUT2D eigenvalue weighted by Crippen LogP contribution is -2.10. The first-order valence-electron chi connectivity index (χ1n) is 7.26. The summed E-state index contributed by atoms with van der Waals surface area (Å²) in [5.41, 5.74) is 3.57. The highest BCUT2D eigenvalue weighted by molar-refractivity contribution is 6.31. The van der Waals surface area contributed by atoms with E-state index in [-0.39, 0.29) is 0 Å².